The van der Waals surface area contributed by atoms with Gasteiger partial charge in [-0.2, -0.15) is 11.8 Å². The van der Waals surface area contributed by atoms with Crippen LogP contribution < -0.4 is 33.2 Å². The highest BCUT2D eigenvalue weighted by Gasteiger charge is 2.30. The molecule has 5 unspecified atom stereocenters. The topological polar surface area (TPSA) is 223 Å². The summed E-state index contributed by atoms with van der Waals surface area (Å²) in [7, 11) is 0. The lowest BCUT2D eigenvalue weighted by atomic mass is 10.1. The van der Waals surface area contributed by atoms with Crippen LogP contribution >= 0.6 is 11.8 Å². The van der Waals surface area contributed by atoms with Crippen molar-refractivity contribution in [2.24, 2.45) is 17.2 Å². The molecule has 5 atom stereocenters. The molecule has 0 aliphatic heterocycles. The molecule has 0 radical (unpaired) electrons. The zero-order chi connectivity index (χ0) is 26.1. The van der Waals surface area contributed by atoms with E-state index in [1.807, 2.05) is 6.26 Å². The van der Waals surface area contributed by atoms with Gasteiger partial charge in [0, 0.05) is 0 Å². The van der Waals surface area contributed by atoms with E-state index < -0.39 is 54.0 Å². The summed E-state index contributed by atoms with van der Waals surface area (Å²) >= 11 is 1.47. The first-order valence-corrected chi connectivity index (χ1v) is 12.9. The van der Waals surface area contributed by atoms with Crippen LogP contribution in [0.2, 0.25) is 0 Å². The number of carbonyl (C=O) groups excluding carboxylic acids is 3. The van der Waals surface area contributed by atoms with Crippen LogP contribution in [0.3, 0.4) is 0 Å². The Labute approximate surface area is 205 Å². The lowest BCUT2D eigenvalue weighted by Crippen LogP contribution is -2.58. The van der Waals surface area contributed by atoms with Gasteiger partial charge in [0.1, 0.15) is 24.2 Å². The van der Waals surface area contributed by atoms with Gasteiger partial charge in [-0.25, -0.2) is 4.79 Å². The van der Waals surface area contributed by atoms with E-state index in [1.165, 1.54) is 18.7 Å². The number of nitrogens with two attached hydrogens (primary N) is 3. The summed E-state index contributed by atoms with van der Waals surface area (Å²) < 4.78 is 0. The molecule has 0 rings (SSSR count). The highest BCUT2D eigenvalue weighted by molar-refractivity contribution is 7.98. The molecule has 0 fully saturated rings. The number of aliphatic hydroxyl groups is 1. The van der Waals surface area contributed by atoms with Crippen LogP contribution in [0.1, 0.15) is 51.9 Å². The number of amides is 3. The van der Waals surface area contributed by atoms with E-state index in [-0.39, 0.29) is 19.3 Å². The first-order valence-electron chi connectivity index (χ1n) is 11.6. The molecule has 12 nitrogen and oxygen atoms in total. The monoisotopic (exact) mass is 506 g/mol. The van der Waals surface area contributed by atoms with Gasteiger partial charge in [-0.3, -0.25) is 14.4 Å². The van der Waals surface area contributed by atoms with Crippen molar-refractivity contribution in [2.45, 2.75) is 82.1 Å². The second-order valence-corrected chi connectivity index (χ2v) is 9.12. The smallest absolute Gasteiger partial charge is 0.326 e. The Kier molecular flexibility index (Phi) is 17.4. The van der Waals surface area contributed by atoms with Crippen LogP contribution in [0.25, 0.3) is 0 Å². The molecule has 0 aromatic rings. The summed E-state index contributed by atoms with van der Waals surface area (Å²) in [6, 6.07) is -4.30. The minimum Gasteiger partial charge on any atom is -0.480 e. The van der Waals surface area contributed by atoms with Crippen LogP contribution in [-0.4, -0.2) is 89.3 Å². The van der Waals surface area contributed by atoms with Gasteiger partial charge in [0.05, 0.1) is 6.10 Å². The fourth-order valence-corrected chi connectivity index (χ4v) is 3.52. The third-order valence-corrected chi connectivity index (χ3v) is 5.85. The quantitative estimate of drug-likeness (QED) is 0.0921. The van der Waals surface area contributed by atoms with Gasteiger partial charge in [-0.05, 0) is 77.0 Å². The van der Waals surface area contributed by atoms with Crippen molar-refractivity contribution in [3.8, 4) is 0 Å². The fraction of sp³-hybridized carbons (Fsp3) is 0.810. The van der Waals surface area contributed by atoms with E-state index in [0.717, 1.165) is 0 Å². The van der Waals surface area contributed by atoms with Crippen molar-refractivity contribution in [1.82, 2.24) is 16.0 Å². The molecule has 0 bridgehead atoms. The maximum absolute atomic E-state index is 13.0. The molecule has 198 valence electrons. The highest BCUT2D eigenvalue weighted by atomic mass is 32.2. The second-order valence-electron chi connectivity index (χ2n) is 8.14. The van der Waals surface area contributed by atoms with E-state index in [4.69, 9.17) is 17.2 Å². The number of nitrogens with one attached hydrogen (secondary N) is 3. The van der Waals surface area contributed by atoms with Gasteiger partial charge in [0.25, 0.3) is 0 Å². The summed E-state index contributed by atoms with van der Waals surface area (Å²) in [6.07, 6.45) is 3.82. The lowest BCUT2D eigenvalue weighted by Gasteiger charge is -2.25. The Morgan fingerprint density at radius 3 is 1.68 bits per heavy atom. The Morgan fingerprint density at radius 1 is 0.794 bits per heavy atom. The minimum atomic E-state index is -1.22. The molecule has 0 aliphatic carbocycles. The summed E-state index contributed by atoms with van der Waals surface area (Å²) in [5.74, 6) is -2.53. The number of rotatable bonds is 19. The summed E-state index contributed by atoms with van der Waals surface area (Å²) in [5, 5.41) is 26.7. The predicted octanol–water partition coefficient (Wildman–Crippen LogP) is -1.76. The Hall–Kier alpha value is -1.93. The average molecular weight is 507 g/mol. The number of aliphatic hydroxyl groups excluding tert-OH is 1. The van der Waals surface area contributed by atoms with Gasteiger partial charge in [-0.1, -0.05) is 0 Å². The third kappa shape index (κ3) is 13.1. The highest BCUT2D eigenvalue weighted by Crippen LogP contribution is 2.08. The standard InChI is InChI=1S/C21H42N6O6S/c1-13(28)17(24)20(31)26-14(7-3-5-10-22)18(29)25-15(9-12-34-2)19(30)27-16(21(32)33)8-4-6-11-23/h13-17,28H,3-12,22-24H2,1-2H3,(H,25,29)(H,26,31)(H,27,30)(H,32,33). The average Bonchev–Trinajstić information content (AvgIpc) is 2.79. The molecular weight excluding hydrogens is 464 g/mol. The molecule has 0 heterocycles. The molecule has 3 amide bonds. The van der Waals surface area contributed by atoms with Gasteiger partial charge in [-0.15, -0.1) is 0 Å². The molecule has 0 aromatic heterocycles. The van der Waals surface area contributed by atoms with Gasteiger partial charge >= 0.3 is 5.97 Å². The van der Waals surface area contributed by atoms with Crippen molar-refractivity contribution in [1.29, 1.82) is 0 Å². The van der Waals surface area contributed by atoms with E-state index >= 15 is 0 Å². The van der Waals surface area contributed by atoms with Gasteiger partial charge in [0.2, 0.25) is 17.7 Å². The Balaban J connectivity index is 5.41. The van der Waals surface area contributed by atoms with Gasteiger partial charge < -0.3 is 43.4 Å². The number of carboxylic acid groups (broad SMARTS) is 1. The fourth-order valence-electron chi connectivity index (χ4n) is 3.05. The van der Waals surface area contributed by atoms with Crippen LogP contribution in [0.15, 0.2) is 0 Å². The third-order valence-electron chi connectivity index (χ3n) is 5.21. The summed E-state index contributed by atoms with van der Waals surface area (Å²) in [5.41, 5.74) is 16.6. The van der Waals surface area contributed by atoms with Crippen molar-refractivity contribution in [2.75, 3.05) is 25.1 Å². The van der Waals surface area contributed by atoms with Gasteiger partial charge in [0.15, 0.2) is 0 Å². The summed E-state index contributed by atoms with van der Waals surface area (Å²) in [6.45, 7) is 2.20. The summed E-state index contributed by atoms with van der Waals surface area (Å²) in [4.78, 5) is 49.7. The van der Waals surface area contributed by atoms with Crippen LogP contribution in [0, 0.1) is 0 Å². The first kappa shape index (κ1) is 32.1. The van der Waals surface area contributed by atoms with Crippen molar-refractivity contribution in [3.63, 3.8) is 0 Å². The second kappa shape index (κ2) is 18.4. The lowest BCUT2D eigenvalue weighted by molar-refractivity contribution is -0.142. The normalized spacial score (nSPS) is 15.5. The van der Waals surface area contributed by atoms with E-state index in [2.05, 4.69) is 16.0 Å². The van der Waals surface area contributed by atoms with Crippen LogP contribution in [0.5, 0.6) is 0 Å². The van der Waals surface area contributed by atoms with Crippen molar-refractivity contribution >= 4 is 35.5 Å². The van der Waals surface area contributed by atoms with E-state index in [1.54, 1.807) is 0 Å². The van der Waals surface area contributed by atoms with Crippen LogP contribution in [-0.2, 0) is 19.2 Å². The molecule has 13 heteroatoms. The number of thioether (sulfide) groups is 1. The van der Waals surface area contributed by atoms with E-state index in [9.17, 15) is 29.4 Å². The molecule has 0 spiro atoms. The molecule has 0 saturated carbocycles. The molecule has 34 heavy (non-hydrogen) atoms. The molecule has 0 aliphatic rings. The van der Waals surface area contributed by atoms with E-state index in [0.29, 0.717) is 44.5 Å². The number of aliphatic carboxylic acids is 1. The predicted molar refractivity (Wildman–Crippen MR) is 132 cm³/mol. The Morgan fingerprint density at radius 2 is 1.24 bits per heavy atom. The minimum absolute atomic E-state index is 0.219. The maximum Gasteiger partial charge on any atom is 0.326 e. The number of unbranched alkanes of at least 4 members (excludes halogenated alkanes) is 2. The number of hydrogen-bond acceptors (Lipinski definition) is 9. The Bertz CT molecular complexity index is 639. The largest absolute Gasteiger partial charge is 0.480 e. The number of carboxylic acids is 1. The van der Waals surface area contributed by atoms with Crippen LogP contribution in [0.4, 0.5) is 0 Å². The zero-order valence-electron chi connectivity index (χ0n) is 20.1. The zero-order valence-corrected chi connectivity index (χ0v) is 20.9. The van der Waals surface area contributed by atoms with Crippen molar-refractivity contribution in [3.05, 3.63) is 0 Å². The van der Waals surface area contributed by atoms with Crippen molar-refractivity contribution < 1.29 is 29.4 Å². The molecule has 0 aromatic carbocycles. The number of hydrogen-bond donors (Lipinski definition) is 8. The number of carbonyl (C=O) groups is 4. The first-order chi connectivity index (χ1) is 16.1. The molecule has 11 N–H and O–H groups in total. The SMILES string of the molecule is CSCCC(NC(=O)C(CCCCN)NC(=O)C(N)C(C)O)C(=O)NC(CCCCN)C(=O)O. The molecular formula is C21H42N6O6S. The maximum atomic E-state index is 13.0. The molecule has 0 saturated heterocycles.